The molecule has 1 N–H and O–H groups in total. The molecular formula is C15H12N2O2S2. The zero-order chi connectivity index (χ0) is 14.7. The second kappa shape index (κ2) is 6.07. The summed E-state index contributed by atoms with van der Waals surface area (Å²) in [6.07, 6.45) is 4.61. The molecule has 21 heavy (non-hydrogen) atoms. The fourth-order valence-corrected chi connectivity index (χ4v) is 3.32. The minimum Gasteiger partial charge on any atom is -0.465 e. The monoisotopic (exact) mass is 316 g/mol. The number of carbonyl (C=O) groups is 1. The first-order valence-corrected chi connectivity index (χ1v) is 7.95. The second-order valence-electron chi connectivity index (χ2n) is 4.29. The lowest BCUT2D eigenvalue weighted by Crippen LogP contribution is -2.07. The molecule has 3 heterocycles. The second-order valence-corrected chi connectivity index (χ2v) is 6.43. The molecule has 3 aromatic rings. The third-order valence-electron chi connectivity index (χ3n) is 2.67. The van der Waals surface area contributed by atoms with E-state index < -0.39 is 0 Å². The largest absolute Gasteiger partial charge is 0.465 e. The van der Waals surface area contributed by atoms with E-state index in [-0.39, 0.29) is 5.91 Å². The van der Waals surface area contributed by atoms with Crippen LogP contribution in [0.2, 0.25) is 0 Å². The smallest absolute Gasteiger partial charge is 0.250 e. The average Bonchev–Trinajstić information content (AvgIpc) is 3.17. The molecule has 0 aromatic carbocycles. The number of furan rings is 1. The Labute approximate surface area is 129 Å². The van der Waals surface area contributed by atoms with Gasteiger partial charge in [0.1, 0.15) is 5.76 Å². The molecule has 0 saturated carbocycles. The molecule has 0 unspecified atom stereocenters. The maximum absolute atomic E-state index is 11.8. The van der Waals surface area contributed by atoms with Crippen molar-refractivity contribution in [1.82, 2.24) is 4.98 Å². The number of anilines is 1. The summed E-state index contributed by atoms with van der Waals surface area (Å²) in [5.74, 6) is 0.411. The van der Waals surface area contributed by atoms with Gasteiger partial charge in [0.25, 0.3) is 0 Å². The van der Waals surface area contributed by atoms with Gasteiger partial charge in [-0.1, -0.05) is 0 Å². The summed E-state index contributed by atoms with van der Waals surface area (Å²) in [4.78, 5) is 18.6. The van der Waals surface area contributed by atoms with Crippen molar-refractivity contribution in [2.45, 2.75) is 6.92 Å². The molecule has 0 bridgehead atoms. The molecule has 0 saturated heterocycles. The first kappa shape index (κ1) is 13.8. The highest BCUT2D eigenvalue weighted by Gasteiger charge is 2.08. The number of aromatic nitrogens is 1. The van der Waals surface area contributed by atoms with Gasteiger partial charge in [-0.15, -0.1) is 22.7 Å². The molecule has 0 atom stereocenters. The van der Waals surface area contributed by atoms with Gasteiger partial charge in [-0.05, 0) is 37.3 Å². The van der Waals surface area contributed by atoms with Gasteiger partial charge in [-0.2, -0.15) is 0 Å². The lowest BCUT2D eigenvalue weighted by atomic mass is 10.4. The summed E-state index contributed by atoms with van der Waals surface area (Å²) in [5.41, 5.74) is 0.892. The van der Waals surface area contributed by atoms with Gasteiger partial charge >= 0.3 is 0 Å². The van der Waals surface area contributed by atoms with Gasteiger partial charge in [0.05, 0.1) is 16.8 Å². The predicted molar refractivity (Wildman–Crippen MR) is 86.5 cm³/mol. The number of amides is 1. The maximum Gasteiger partial charge on any atom is 0.250 e. The van der Waals surface area contributed by atoms with E-state index >= 15 is 0 Å². The highest BCUT2D eigenvalue weighted by molar-refractivity contribution is 7.17. The molecule has 3 aromatic heterocycles. The van der Waals surface area contributed by atoms with E-state index in [1.54, 1.807) is 35.8 Å². The predicted octanol–water partition coefficient (Wildman–Crippen LogP) is 4.42. The van der Waals surface area contributed by atoms with Crippen LogP contribution in [0.3, 0.4) is 0 Å². The number of aryl methyl sites for hydroxylation is 1. The van der Waals surface area contributed by atoms with Crippen LogP contribution in [0.25, 0.3) is 16.6 Å². The zero-order valence-electron chi connectivity index (χ0n) is 11.2. The van der Waals surface area contributed by atoms with Gasteiger partial charge in [-0.25, -0.2) is 4.98 Å². The molecule has 106 valence electrons. The molecular weight excluding hydrogens is 304 g/mol. The highest BCUT2D eigenvalue weighted by atomic mass is 32.1. The first-order valence-electron chi connectivity index (χ1n) is 6.25. The molecule has 4 nitrogen and oxygen atoms in total. The van der Waals surface area contributed by atoms with Crippen LogP contribution < -0.4 is 5.32 Å². The van der Waals surface area contributed by atoms with E-state index in [9.17, 15) is 4.79 Å². The fraction of sp³-hybridized carbons (Fsp3) is 0.0667. The average molecular weight is 316 g/mol. The van der Waals surface area contributed by atoms with Crippen molar-refractivity contribution in [3.8, 4) is 10.6 Å². The quantitative estimate of drug-likeness (QED) is 0.725. The Balaban J connectivity index is 1.65. The number of thiophene rings is 1. The van der Waals surface area contributed by atoms with Gasteiger partial charge in [0, 0.05) is 16.3 Å². The van der Waals surface area contributed by atoms with Crippen LogP contribution in [0.4, 0.5) is 5.13 Å². The zero-order valence-corrected chi connectivity index (χ0v) is 12.8. The summed E-state index contributed by atoms with van der Waals surface area (Å²) in [7, 11) is 0. The van der Waals surface area contributed by atoms with E-state index in [1.165, 1.54) is 22.3 Å². The van der Waals surface area contributed by atoms with E-state index in [2.05, 4.69) is 23.3 Å². The number of carbonyl (C=O) groups excluding carboxylic acids is 1. The molecule has 0 aliphatic carbocycles. The number of rotatable bonds is 4. The molecule has 0 radical (unpaired) electrons. The minimum atomic E-state index is -0.227. The summed E-state index contributed by atoms with van der Waals surface area (Å²) in [6, 6.07) is 7.65. The van der Waals surface area contributed by atoms with E-state index in [1.807, 2.05) is 11.4 Å². The summed E-state index contributed by atoms with van der Waals surface area (Å²) in [5, 5.41) is 5.28. The minimum absolute atomic E-state index is 0.227. The van der Waals surface area contributed by atoms with Gasteiger partial charge in [-0.3, -0.25) is 10.1 Å². The molecule has 1 amide bonds. The lowest BCUT2D eigenvalue weighted by molar-refractivity contribution is -0.111. The van der Waals surface area contributed by atoms with Crippen LogP contribution in [0.15, 0.2) is 46.4 Å². The van der Waals surface area contributed by atoms with Crippen LogP contribution in [-0.4, -0.2) is 10.9 Å². The molecule has 0 fully saturated rings. The third-order valence-corrected chi connectivity index (χ3v) is 4.45. The third kappa shape index (κ3) is 3.48. The van der Waals surface area contributed by atoms with E-state index in [0.29, 0.717) is 10.9 Å². The van der Waals surface area contributed by atoms with Crippen molar-refractivity contribution in [2.75, 3.05) is 5.32 Å². The van der Waals surface area contributed by atoms with Crippen molar-refractivity contribution in [1.29, 1.82) is 0 Å². The molecule has 0 aliphatic rings. The van der Waals surface area contributed by atoms with Crippen molar-refractivity contribution in [2.24, 2.45) is 0 Å². The Morgan fingerprint density at radius 1 is 1.38 bits per heavy atom. The van der Waals surface area contributed by atoms with Crippen LogP contribution in [0, 0.1) is 6.92 Å². The SMILES string of the molecule is Cc1ccc(-c2csc(NC(=O)C=Cc3ccco3)n2)s1. The molecule has 0 spiro atoms. The first-order chi connectivity index (χ1) is 10.2. The Kier molecular flexibility index (Phi) is 3.98. The van der Waals surface area contributed by atoms with Crippen molar-refractivity contribution in [3.63, 3.8) is 0 Å². The van der Waals surface area contributed by atoms with Gasteiger partial charge in [0.15, 0.2) is 5.13 Å². The standard InChI is InChI=1S/C15H12N2O2S2/c1-10-4-6-13(21-10)12-9-20-15(16-12)17-14(18)7-5-11-3-2-8-19-11/h2-9H,1H3,(H,16,17,18). The van der Waals surface area contributed by atoms with Crippen molar-refractivity contribution >= 4 is 39.8 Å². The number of hydrogen-bond donors (Lipinski definition) is 1. The van der Waals surface area contributed by atoms with Crippen molar-refractivity contribution < 1.29 is 9.21 Å². The number of nitrogens with zero attached hydrogens (tertiary/aromatic N) is 1. The number of nitrogens with one attached hydrogen (secondary N) is 1. The highest BCUT2D eigenvalue weighted by Crippen LogP contribution is 2.30. The molecule has 3 rings (SSSR count). The topological polar surface area (TPSA) is 55.1 Å². The van der Waals surface area contributed by atoms with Gasteiger partial charge in [0.2, 0.25) is 5.91 Å². The Morgan fingerprint density at radius 2 is 2.29 bits per heavy atom. The fourth-order valence-electron chi connectivity index (χ4n) is 1.71. The molecule has 6 heteroatoms. The Bertz CT molecular complexity index is 769. The van der Waals surface area contributed by atoms with Crippen molar-refractivity contribution in [3.05, 3.63) is 52.6 Å². The van der Waals surface area contributed by atoms with E-state index in [4.69, 9.17) is 4.42 Å². The van der Waals surface area contributed by atoms with Crippen LogP contribution in [0.5, 0.6) is 0 Å². The normalized spacial score (nSPS) is 11.1. The van der Waals surface area contributed by atoms with Crippen LogP contribution in [-0.2, 0) is 4.79 Å². The van der Waals surface area contributed by atoms with Gasteiger partial charge < -0.3 is 4.42 Å². The number of hydrogen-bond acceptors (Lipinski definition) is 5. The summed E-state index contributed by atoms with van der Waals surface area (Å²) >= 11 is 3.10. The Morgan fingerprint density at radius 3 is 3.00 bits per heavy atom. The lowest BCUT2D eigenvalue weighted by Gasteiger charge is -1.95. The van der Waals surface area contributed by atoms with Crippen LogP contribution >= 0.6 is 22.7 Å². The summed E-state index contributed by atoms with van der Waals surface area (Å²) < 4.78 is 5.12. The molecule has 0 aliphatic heterocycles. The summed E-state index contributed by atoms with van der Waals surface area (Å²) in [6.45, 7) is 2.06. The number of thiazole rings is 1. The van der Waals surface area contributed by atoms with E-state index in [0.717, 1.165) is 10.6 Å². The maximum atomic E-state index is 11.8. The van der Waals surface area contributed by atoms with Crippen LogP contribution in [0.1, 0.15) is 10.6 Å². The Hall–Kier alpha value is -2.18.